The molecule has 0 aromatic heterocycles. The molecule has 1 fully saturated rings. The Morgan fingerprint density at radius 1 is 0.967 bits per heavy atom. The summed E-state index contributed by atoms with van der Waals surface area (Å²) in [7, 11) is 0. The summed E-state index contributed by atoms with van der Waals surface area (Å²) in [5.41, 5.74) is 1.51. The molecule has 30 heavy (non-hydrogen) atoms. The molecule has 1 aliphatic heterocycles. The molecule has 2 aromatic rings. The average molecular weight is 411 g/mol. The Hall–Kier alpha value is -3.22. The smallest absolute Gasteiger partial charge is 0.257 e. The first-order chi connectivity index (χ1) is 14.4. The third kappa shape index (κ3) is 5.65. The van der Waals surface area contributed by atoms with Gasteiger partial charge in [0.05, 0.1) is 5.56 Å². The van der Waals surface area contributed by atoms with Crippen LogP contribution < -0.4 is 5.32 Å². The van der Waals surface area contributed by atoms with Crippen LogP contribution in [0.5, 0.6) is 0 Å². The zero-order valence-corrected chi connectivity index (χ0v) is 17.1. The monoisotopic (exact) mass is 411 g/mol. The Morgan fingerprint density at radius 2 is 1.63 bits per heavy atom. The summed E-state index contributed by atoms with van der Waals surface area (Å²) >= 11 is 0. The van der Waals surface area contributed by atoms with E-state index in [0.29, 0.717) is 38.3 Å². The fourth-order valence-corrected chi connectivity index (χ4v) is 3.55. The van der Waals surface area contributed by atoms with E-state index in [9.17, 15) is 18.8 Å². The van der Waals surface area contributed by atoms with Crippen molar-refractivity contribution in [3.05, 3.63) is 65.5 Å². The normalized spacial score (nSPS) is 13.8. The van der Waals surface area contributed by atoms with Crippen molar-refractivity contribution < 1.29 is 18.8 Å². The van der Waals surface area contributed by atoms with Crippen LogP contribution in [0.3, 0.4) is 0 Å². The van der Waals surface area contributed by atoms with Crippen LogP contribution in [0.25, 0.3) is 0 Å². The van der Waals surface area contributed by atoms with Crippen molar-refractivity contribution in [1.82, 2.24) is 9.80 Å². The zero-order valence-electron chi connectivity index (χ0n) is 17.1. The minimum absolute atomic E-state index is 0.0797. The van der Waals surface area contributed by atoms with Crippen molar-refractivity contribution in [2.45, 2.75) is 26.2 Å². The molecule has 1 saturated heterocycles. The number of halogens is 1. The predicted octanol–water partition coefficient (Wildman–Crippen LogP) is 3.09. The van der Waals surface area contributed by atoms with Gasteiger partial charge in [0.2, 0.25) is 11.8 Å². The van der Waals surface area contributed by atoms with E-state index in [0.717, 1.165) is 12.8 Å². The number of hydrogen-bond acceptors (Lipinski definition) is 3. The number of hydrogen-bond donors (Lipinski definition) is 1. The lowest BCUT2D eigenvalue weighted by molar-refractivity contribution is -0.132. The van der Waals surface area contributed by atoms with Crippen LogP contribution in [0.2, 0.25) is 0 Å². The lowest BCUT2D eigenvalue weighted by Gasteiger charge is -2.35. The van der Waals surface area contributed by atoms with E-state index in [1.807, 2.05) is 18.2 Å². The van der Waals surface area contributed by atoms with Gasteiger partial charge in [0, 0.05) is 45.2 Å². The Labute approximate surface area is 175 Å². The molecule has 0 atom stereocenters. The molecule has 7 heteroatoms. The molecule has 1 heterocycles. The Balaban J connectivity index is 1.50. The lowest BCUT2D eigenvalue weighted by Crippen LogP contribution is -2.50. The number of benzene rings is 2. The topological polar surface area (TPSA) is 69.7 Å². The summed E-state index contributed by atoms with van der Waals surface area (Å²) in [4.78, 5) is 39.7. The maximum Gasteiger partial charge on any atom is 0.257 e. The molecule has 0 bridgehead atoms. The van der Waals surface area contributed by atoms with Crippen LogP contribution in [-0.4, -0.2) is 53.7 Å². The standard InChI is InChI=1S/C23H26FN3O3/c1-17(28)25-19-10-11-21(24)20(16-19)23(30)27-14-12-26(13-15-27)22(29)9-5-8-18-6-3-2-4-7-18/h2-4,6-7,10-11,16H,5,8-9,12-15H2,1H3,(H,25,28). The summed E-state index contributed by atoms with van der Waals surface area (Å²) < 4.78 is 14.2. The van der Waals surface area contributed by atoms with Gasteiger partial charge in [-0.1, -0.05) is 30.3 Å². The van der Waals surface area contributed by atoms with E-state index < -0.39 is 11.7 Å². The van der Waals surface area contributed by atoms with Gasteiger partial charge in [0.15, 0.2) is 0 Å². The fraction of sp³-hybridized carbons (Fsp3) is 0.348. The van der Waals surface area contributed by atoms with Crippen LogP contribution in [0.15, 0.2) is 48.5 Å². The van der Waals surface area contributed by atoms with Crippen molar-refractivity contribution >= 4 is 23.4 Å². The Morgan fingerprint density at radius 3 is 2.30 bits per heavy atom. The predicted molar refractivity (Wildman–Crippen MR) is 113 cm³/mol. The largest absolute Gasteiger partial charge is 0.339 e. The van der Waals surface area contributed by atoms with Crippen molar-refractivity contribution in [3.63, 3.8) is 0 Å². The average Bonchev–Trinajstić information content (AvgIpc) is 2.75. The highest BCUT2D eigenvalue weighted by molar-refractivity contribution is 5.97. The van der Waals surface area contributed by atoms with Gasteiger partial charge in [-0.2, -0.15) is 0 Å². The van der Waals surface area contributed by atoms with Crippen molar-refractivity contribution in [2.75, 3.05) is 31.5 Å². The second kappa shape index (κ2) is 10.0. The van der Waals surface area contributed by atoms with E-state index in [1.54, 1.807) is 9.80 Å². The Bertz CT molecular complexity index is 909. The highest BCUT2D eigenvalue weighted by atomic mass is 19.1. The molecule has 0 spiro atoms. The first-order valence-electron chi connectivity index (χ1n) is 10.1. The van der Waals surface area contributed by atoms with Crippen molar-refractivity contribution in [2.24, 2.45) is 0 Å². The van der Waals surface area contributed by atoms with E-state index in [2.05, 4.69) is 17.4 Å². The molecular formula is C23H26FN3O3. The van der Waals surface area contributed by atoms with E-state index in [4.69, 9.17) is 0 Å². The number of nitrogens with one attached hydrogen (secondary N) is 1. The number of nitrogens with zero attached hydrogens (tertiary/aromatic N) is 2. The number of anilines is 1. The van der Waals surface area contributed by atoms with Gasteiger partial charge >= 0.3 is 0 Å². The van der Waals surface area contributed by atoms with Crippen LogP contribution in [0, 0.1) is 5.82 Å². The van der Waals surface area contributed by atoms with Crippen molar-refractivity contribution in [1.29, 1.82) is 0 Å². The molecular weight excluding hydrogens is 385 g/mol. The van der Waals surface area contributed by atoms with E-state index in [1.165, 1.54) is 30.7 Å². The molecule has 0 saturated carbocycles. The lowest BCUT2D eigenvalue weighted by atomic mass is 10.1. The van der Waals surface area contributed by atoms with Gasteiger partial charge in [-0.3, -0.25) is 14.4 Å². The molecule has 0 aliphatic carbocycles. The molecule has 0 radical (unpaired) electrons. The summed E-state index contributed by atoms with van der Waals surface area (Å²) in [6.45, 7) is 2.92. The van der Waals surface area contributed by atoms with Gasteiger partial charge < -0.3 is 15.1 Å². The minimum atomic E-state index is -0.631. The zero-order chi connectivity index (χ0) is 21.5. The van der Waals surface area contributed by atoms with Crippen LogP contribution >= 0.6 is 0 Å². The second-order valence-corrected chi connectivity index (χ2v) is 7.39. The summed E-state index contributed by atoms with van der Waals surface area (Å²) in [5.74, 6) is -1.28. The Kier molecular flexibility index (Phi) is 7.17. The molecule has 6 nitrogen and oxygen atoms in total. The first kappa shape index (κ1) is 21.5. The van der Waals surface area contributed by atoms with Crippen LogP contribution in [-0.2, 0) is 16.0 Å². The van der Waals surface area contributed by atoms with E-state index >= 15 is 0 Å². The molecule has 2 aromatic carbocycles. The molecule has 3 rings (SSSR count). The van der Waals surface area contributed by atoms with E-state index in [-0.39, 0.29) is 17.4 Å². The highest BCUT2D eigenvalue weighted by Crippen LogP contribution is 2.18. The fourth-order valence-electron chi connectivity index (χ4n) is 3.55. The quantitative estimate of drug-likeness (QED) is 0.794. The summed E-state index contributed by atoms with van der Waals surface area (Å²) in [6.07, 6.45) is 2.11. The van der Waals surface area contributed by atoms with Crippen LogP contribution in [0.1, 0.15) is 35.7 Å². The molecule has 1 aliphatic rings. The maximum atomic E-state index is 14.2. The van der Waals surface area contributed by atoms with Gasteiger partial charge in [-0.15, -0.1) is 0 Å². The number of rotatable bonds is 6. The third-order valence-electron chi connectivity index (χ3n) is 5.14. The number of aryl methyl sites for hydroxylation is 1. The number of piperazine rings is 1. The molecule has 3 amide bonds. The second-order valence-electron chi connectivity index (χ2n) is 7.39. The molecule has 1 N–H and O–H groups in total. The number of amides is 3. The maximum absolute atomic E-state index is 14.2. The molecule has 158 valence electrons. The summed E-state index contributed by atoms with van der Waals surface area (Å²) in [6, 6.07) is 14.0. The van der Waals surface area contributed by atoms with Gasteiger partial charge in [0.25, 0.3) is 5.91 Å². The minimum Gasteiger partial charge on any atom is -0.339 e. The number of carbonyl (C=O) groups is 3. The van der Waals surface area contributed by atoms with Gasteiger partial charge in [-0.05, 0) is 36.6 Å². The first-order valence-corrected chi connectivity index (χ1v) is 10.1. The number of carbonyl (C=O) groups excluding carboxylic acids is 3. The SMILES string of the molecule is CC(=O)Nc1ccc(F)c(C(=O)N2CCN(C(=O)CCCc3ccccc3)CC2)c1. The molecule has 0 unspecified atom stereocenters. The van der Waals surface area contributed by atoms with Gasteiger partial charge in [-0.25, -0.2) is 4.39 Å². The van der Waals surface area contributed by atoms with Crippen molar-refractivity contribution in [3.8, 4) is 0 Å². The highest BCUT2D eigenvalue weighted by Gasteiger charge is 2.26. The van der Waals surface area contributed by atoms with Crippen LogP contribution in [0.4, 0.5) is 10.1 Å². The van der Waals surface area contributed by atoms with Gasteiger partial charge in [0.1, 0.15) is 5.82 Å². The summed E-state index contributed by atoms with van der Waals surface area (Å²) in [5, 5.41) is 2.55. The third-order valence-corrected chi connectivity index (χ3v) is 5.14.